The van der Waals surface area contributed by atoms with E-state index in [0.29, 0.717) is 11.8 Å². The lowest BCUT2D eigenvalue weighted by molar-refractivity contribution is 0.564. The molecule has 3 N–H and O–H groups in total. The Morgan fingerprint density at radius 3 is 2.94 bits per heavy atom. The number of hydrogen-bond donors (Lipinski definition) is 2. The molecule has 2 rings (SSSR count). The van der Waals surface area contributed by atoms with Crippen LogP contribution in [0.4, 0.5) is 11.9 Å². The van der Waals surface area contributed by atoms with E-state index in [2.05, 4.69) is 20.3 Å². The molecule has 0 saturated carbocycles. The van der Waals surface area contributed by atoms with Gasteiger partial charge in [0.2, 0.25) is 11.9 Å². The molecule has 0 saturated heterocycles. The van der Waals surface area contributed by atoms with Crippen molar-refractivity contribution >= 4 is 11.9 Å². The molecule has 0 aliphatic rings. The minimum atomic E-state index is 0.235. The lowest BCUT2D eigenvalue weighted by Gasteiger charge is -2.04. The summed E-state index contributed by atoms with van der Waals surface area (Å²) in [6.45, 7) is 2.50. The fourth-order valence-corrected chi connectivity index (χ4v) is 1.34. The predicted molar refractivity (Wildman–Crippen MR) is 59.9 cm³/mol. The average Bonchev–Trinajstić information content (AvgIpc) is 2.69. The summed E-state index contributed by atoms with van der Waals surface area (Å²) in [4.78, 5) is 12.0. The minimum absolute atomic E-state index is 0.235. The van der Waals surface area contributed by atoms with E-state index in [-0.39, 0.29) is 5.95 Å². The SMILES string of the molecule is Cc1nc(N)nc(NCCc2ccoc2)n1. The Bertz CT molecular complexity index is 434. The van der Waals surface area contributed by atoms with Crippen LogP contribution in [0.15, 0.2) is 23.0 Å². The van der Waals surface area contributed by atoms with Gasteiger partial charge in [0.05, 0.1) is 12.5 Å². The van der Waals surface area contributed by atoms with Crippen LogP contribution < -0.4 is 11.1 Å². The van der Waals surface area contributed by atoms with Gasteiger partial charge in [-0.1, -0.05) is 0 Å². The van der Waals surface area contributed by atoms with Crippen molar-refractivity contribution in [1.82, 2.24) is 15.0 Å². The van der Waals surface area contributed by atoms with Gasteiger partial charge in [0.1, 0.15) is 5.82 Å². The molecule has 0 fully saturated rings. The van der Waals surface area contributed by atoms with Crippen molar-refractivity contribution in [3.63, 3.8) is 0 Å². The van der Waals surface area contributed by atoms with Gasteiger partial charge in [0.25, 0.3) is 0 Å². The molecule has 0 radical (unpaired) electrons. The van der Waals surface area contributed by atoms with Gasteiger partial charge in [-0.2, -0.15) is 15.0 Å². The maximum atomic E-state index is 5.51. The highest BCUT2D eigenvalue weighted by molar-refractivity contribution is 5.30. The average molecular weight is 219 g/mol. The fourth-order valence-electron chi connectivity index (χ4n) is 1.34. The fraction of sp³-hybridized carbons (Fsp3) is 0.300. The first-order valence-corrected chi connectivity index (χ1v) is 4.97. The Morgan fingerprint density at radius 1 is 1.38 bits per heavy atom. The van der Waals surface area contributed by atoms with Crippen LogP contribution in [0, 0.1) is 6.92 Å². The lowest BCUT2D eigenvalue weighted by atomic mass is 10.2. The quantitative estimate of drug-likeness (QED) is 0.797. The van der Waals surface area contributed by atoms with Gasteiger partial charge >= 0.3 is 0 Å². The molecule has 0 amide bonds. The van der Waals surface area contributed by atoms with E-state index in [1.165, 1.54) is 0 Å². The van der Waals surface area contributed by atoms with Crippen molar-refractivity contribution in [2.45, 2.75) is 13.3 Å². The number of aromatic nitrogens is 3. The lowest BCUT2D eigenvalue weighted by Crippen LogP contribution is -2.10. The second kappa shape index (κ2) is 4.61. The first-order chi connectivity index (χ1) is 7.74. The molecule has 0 bridgehead atoms. The van der Waals surface area contributed by atoms with Gasteiger partial charge < -0.3 is 15.5 Å². The number of nitrogens with two attached hydrogens (primary N) is 1. The van der Waals surface area contributed by atoms with Crippen LogP contribution in [0.1, 0.15) is 11.4 Å². The van der Waals surface area contributed by atoms with Gasteiger partial charge in [0.15, 0.2) is 0 Å². The van der Waals surface area contributed by atoms with E-state index >= 15 is 0 Å². The summed E-state index contributed by atoms with van der Waals surface area (Å²) in [6, 6.07) is 1.93. The smallest absolute Gasteiger partial charge is 0.227 e. The zero-order chi connectivity index (χ0) is 11.4. The maximum Gasteiger partial charge on any atom is 0.227 e. The summed E-state index contributed by atoms with van der Waals surface area (Å²) in [7, 11) is 0. The molecule has 2 aromatic rings. The number of nitrogens with zero attached hydrogens (tertiary/aromatic N) is 3. The monoisotopic (exact) mass is 219 g/mol. The number of aryl methyl sites for hydroxylation is 1. The standard InChI is InChI=1S/C10H13N5O/c1-7-13-9(11)15-10(14-7)12-4-2-8-3-5-16-6-8/h3,5-6H,2,4H2,1H3,(H3,11,12,13,14,15). The molecular weight excluding hydrogens is 206 g/mol. The van der Waals surface area contributed by atoms with Crippen LogP contribution in [0.2, 0.25) is 0 Å². The van der Waals surface area contributed by atoms with Crippen molar-refractivity contribution in [3.8, 4) is 0 Å². The Kier molecular flexibility index (Phi) is 3.00. The molecule has 0 aliphatic carbocycles. The van der Waals surface area contributed by atoms with Crippen molar-refractivity contribution in [1.29, 1.82) is 0 Å². The van der Waals surface area contributed by atoms with Crippen molar-refractivity contribution in [2.75, 3.05) is 17.6 Å². The van der Waals surface area contributed by atoms with Crippen LogP contribution in [-0.2, 0) is 6.42 Å². The highest BCUT2D eigenvalue weighted by Crippen LogP contribution is 2.04. The van der Waals surface area contributed by atoms with Gasteiger partial charge in [-0.3, -0.25) is 0 Å². The van der Waals surface area contributed by atoms with Crippen molar-refractivity contribution in [2.24, 2.45) is 0 Å². The third kappa shape index (κ3) is 2.69. The van der Waals surface area contributed by atoms with E-state index < -0.39 is 0 Å². The number of nitrogens with one attached hydrogen (secondary N) is 1. The van der Waals surface area contributed by atoms with E-state index in [4.69, 9.17) is 10.2 Å². The second-order valence-electron chi connectivity index (χ2n) is 3.37. The summed E-state index contributed by atoms with van der Waals surface area (Å²) in [5.41, 5.74) is 6.64. The van der Waals surface area contributed by atoms with E-state index in [1.807, 2.05) is 6.07 Å². The molecule has 16 heavy (non-hydrogen) atoms. The highest BCUT2D eigenvalue weighted by Gasteiger charge is 2.00. The largest absolute Gasteiger partial charge is 0.472 e. The molecule has 0 aromatic carbocycles. The minimum Gasteiger partial charge on any atom is -0.472 e. The predicted octanol–water partition coefficient (Wildman–Crippen LogP) is 1.01. The molecular formula is C10H13N5O. The van der Waals surface area contributed by atoms with Gasteiger partial charge in [-0.25, -0.2) is 0 Å². The molecule has 0 spiro atoms. The number of furan rings is 1. The zero-order valence-electron chi connectivity index (χ0n) is 8.97. The van der Waals surface area contributed by atoms with Gasteiger partial charge in [-0.05, 0) is 25.0 Å². The van der Waals surface area contributed by atoms with Crippen molar-refractivity contribution < 1.29 is 4.42 Å². The topological polar surface area (TPSA) is 89.9 Å². The summed E-state index contributed by atoms with van der Waals surface area (Å²) < 4.78 is 4.97. The number of hydrogen-bond acceptors (Lipinski definition) is 6. The molecule has 6 nitrogen and oxygen atoms in total. The number of rotatable bonds is 4. The first kappa shape index (κ1) is 10.4. The van der Waals surface area contributed by atoms with Gasteiger partial charge in [-0.15, -0.1) is 0 Å². The molecule has 6 heteroatoms. The molecule has 2 aromatic heterocycles. The summed E-state index contributed by atoms with van der Waals surface area (Å²) >= 11 is 0. The number of anilines is 2. The summed E-state index contributed by atoms with van der Waals surface area (Å²) in [5.74, 6) is 1.35. The summed E-state index contributed by atoms with van der Waals surface area (Å²) in [5, 5.41) is 3.08. The van der Waals surface area contributed by atoms with E-state index in [1.54, 1.807) is 19.5 Å². The van der Waals surface area contributed by atoms with E-state index in [0.717, 1.165) is 18.5 Å². The molecule has 0 atom stereocenters. The van der Waals surface area contributed by atoms with Crippen LogP contribution in [-0.4, -0.2) is 21.5 Å². The Hall–Kier alpha value is -2.11. The van der Waals surface area contributed by atoms with Crippen LogP contribution in [0.3, 0.4) is 0 Å². The summed E-state index contributed by atoms with van der Waals surface area (Å²) in [6.07, 6.45) is 4.22. The van der Waals surface area contributed by atoms with Crippen LogP contribution >= 0.6 is 0 Å². The number of nitrogen functional groups attached to an aromatic ring is 1. The van der Waals surface area contributed by atoms with Gasteiger partial charge in [0, 0.05) is 6.54 Å². The zero-order valence-corrected chi connectivity index (χ0v) is 8.97. The van der Waals surface area contributed by atoms with Crippen LogP contribution in [0.5, 0.6) is 0 Å². The van der Waals surface area contributed by atoms with Crippen molar-refractivity contribution in [3.05, 3.63) is 30.0 Å². The maximum absolute atomic E-state index is 5.51. The van der Waals surface area contributed by atoms with E-state index in [9.17, 15) is 0 Å². The molecule has 0 aliphatic heterocycles. The molecule has 2 heterocycles. The normalized spacial score (nSPS) is 10.3. The Morgan fingerprint density at radius 2 is 2.25 bits per heavy atom. The molecule has 84 valence electrons. The third-order valence-corrected chi connectivity index (χ3v) is 2.04. The third-order valence-electron chi connectivity index (χ3n) is 2.04. The first-order valence-electron chi connectivity index (χ1n) is 4.97. The Labute approximate surface area is 92.9 Å². The molecule has 0 unspecified atom stereocenters. The second-order valence-corrected chi connectivity index (χ2v) is 3.37. The highest BCUT2D eigenvalue weighted by atomic mass is 16.3. The Balaban J connectivity index is 1.89. The van der Waals surface area contributed by atoms with Crippen LogP contribution in [0.25, 0.3) is 0 Å².